The summed E-state index contributed by atoms with van der Waals surface area (Å²) in [6.07, 6.45) is 5.59. The molecule has 4 rings (SSSR count). The molecular weight excluding hydrogens is 312 g/mol. The first-order valence-electron chi connectivity index (χ1n) is 7.81. The van der Waals surface area contributed by atoms with E-state index in [0.29, 0.717) is 23.5 Å². The minimum absolute atomic E-state index is 0.232. The van der Waals surface area contributed by atoms with E-state index in [9.17, 15) is 0 Å². The molecule has 9 heteroatoms. The molecule has 4 heterocycles. The van der Waals surface area contributed by atoms with E-state index in [1.165, 1.54) is 6.33 Å². The van der Waals surface area contributed by atoms with Gasteiger partial charge in [0.05, 0.1) is 6.33 Å². The lowest BCUT2D eigenvalue weighted by molar-refractivity contribution is -0.191. The fourth-order valence-electron chi connectivity index (χ4n) is 3.26. The van der Waals surface area contributed by atoms with Crippen LogP contribution in [0.4, 0.5) is 5.82 Å². The Balaban J connectivity index is 1.74. The largest absolute Gasteiger partial charge is 0.382 e. The van der Waals surface area contributed by atoms with Crippen LogP contribution in [-0.4, -0.2) is 50.2 Å². The molecular formula is C15H20N6O3. The number of hydrogen-bond donors (Lipinski definition) is 2. The van der Waals surface area contributed by atoms with Crippen LogP contribution in [0.25, 0.3) is 11.2 Å². The van der Waals surface area contributed by atoms with Crippen molar-refractivity contribution in [1.29, 1.82) is 0 Å². The molecule has 0 radical (unpaired) electrons. The predicted molar refractivity (Wildman–Crippen MR) is 85.7 cm³/mol. The van der Waals surface area contributed by atoms with Gasteiger partial charge in [-0.05, 0) is 13.8 Å². The van der Waals surface area contributed by atoms with Crippen molar-refractivity contribution in [2.24, 2.45) is 5.73 Å². The van der Waals surface area contributed by atoms with Crippen LogP contribution >= 0.6 is 0 Å². The lowest BCUT2D eigenvalue weighted by Crippen LogP contribution is -2.28. The zero-order chi connectivity index (χ0) is 16.9. The zero-order valence-corrected chi connectivity index (χ0v) is 13.5. The standard InChI is InChI=1S/C15H20N6O3/c1-15(2)23-10-8(4-3-5-16)22-14(11(10)24-15)21-7-20-9-12(17)18-6-19-13(9)21/h3-4,6-8,10-11,14H,5,16H2,1-2H3,(H2,17,18,19)/b4-3+/t8-,10-,11?,14-/m1/s1. The number of ether oxygens (including phenoxy) is 3. The van der Waals surface area contributed by atoms with Crippen molar-refractivity contribution in [3.05, 3.63) is 24.8 Å². The highest BCUT2D eigenvalue weighted by Crippen LogP contribution is 2.44. The maximum absolute atomic E-state index is 6.15. The normalized spacial score (nSPS) is 32.0. The van der Waals surface area contributed by atoms with Crippen molar-refractivity contribution in [1.82, 2.24) is 19.5 Å². The van der Waals surface area contributed by atoms with Crippen molar-refractivity contribution in [2.45, 2.75) is 44.2 Å². The average molecular weight is 332 g/mol. The summed E-state index contributed by atoms with van der Waals surface area (Å²) in [4.78, 5) is 12.5. The van der Waals surface area contributed by atoms with E-state index in [4.69, 9.17) is 25.7 Å². The van der Waals surface area contributed by atoms with Crippen LogP contribution in [0.5, 0.6) is 0 Å². The molecule has 2 aromatic heterocycles. The van der Waals surface area contributed by atoms with Crippen molar-refractivity contribution in [3.63, 3.8) is 0 Å². The Hall–Kier alpha value is -2.07. The van der Waals surface area contributed by atoms with E-state index in [0.717, 1.165) is 0 Å². The number of rotatable bonds is 3. The lowest BCUT2D eigenvalue weighted by atomic mass is 10.1. The molecule has 2 aliphatic rings. The fourth-order valence-corrected chi connectivity index (χ4v) is 3.26. The van der Waals surface area contributed by atoms with E-state index in [1.54, 1.807) is 6.33 Å². The SMILES string of the molecule is CC1(C)OC2[C@H](n3cnc4c(N)ncnc43)O[C@H](/C=C/CN)[C@H]2O1. The lowest BCUT2D eigenvalue weighted by Gasteiger charge is -2.24. The second-order valence-corrected chi connectivity index (χ2v) is 6.30. The molecule has 128 valence electrons. The van der Waals surface area contributed by atoms with Crippen LogP contribution in [0, 0.1) is 0 Å². The molecule has 0 aliphatic carbocycles. The Morgan fingerprint density at radius 1 is 1.25 bits per heavy atom. The zero-order valence-electron chi connectivity index (χ0n) is 13.5. The summed E-state index contributed by atoms with van der Waals surface area (Å²) in [5, 5.41) is 0. The number of nitrogens with two attached hydrogens (primary N) is 2. The van der Waals surface area contributed by atoms with Gasteiger partial charge in [-0.15, -0.1) is 0 Å². The monoisotopic (exact) mass is 332 g/mol. The number of nitrogen functional groups attached to an aromatic ring is 1. The van der Waals surface area contributed by atoms with Gasteiger partial charge in [-0.2, -0.15) is 0 Å². The molecule has 0 amide bonds. The van der Waals surface area contributed by atoms with Gasteiger partial charge in [0.15, 0.2) is 23.5 Å². The summed E-state index contributed by atoms with van der Waals surface area (Å²) in [5.74, 6) is -0.354. The highest BCUT2D eigenvalue weighted by molar-refractivity contribution is 5.81. The first-order valence-corrected chi connectivity index (χ1v) is 7.81. The van der Waals surface area contributed by atoms with Crippen molar-refractivity contribution >= 4 is 17.0 Å². The third kappa shape index (κ3) is 2.37. The van der Waals surface area contributed by atoms with Crippen LogP contribution in [0.3, 0.4) is 0 Å². The minimum Gasteiger partial charge on any atom is -0.382 e. The van der Waals surface area contributed by atoms with Gasteiger partial charge in [0, 0.05) is 6.54 Å². The summed E-state index contributed by atoms with van der Waals surface area (Å²) in [7, 11) is 0. The second kappa shape index (κ2) is 5.49. The highest BCUT2D eigenvalue weighted by Gasteiger charge is 2.55. The molecule has 2 fully saturated rings. The molecule has 0 bridgehead atoms. The third-order valence-electron chi connectivity index (χ3n) is 4.19. The van der Waals surface area contributed by atoms with Crippen LogP contribution in [0.15, 0.2) is 24.8 Å². The number of nitrogens with zero attached hydrogens (tertiary/aromatic N) is 4. The molecule has 4 atom stereocenters. The summed E-state index contributed by atoms with van der Waals surface area (Å²) >= 11 is 0. The van der Waals surface area contributed by atoms with Gasteiger partial charge in [-0.3, -0.25) is 4.57 Å². The van der Waals surface area contributed by atoms with E-state index in [1.807, 2.05) is 30.6 Å². The van der Waals surface area contributed by atoms with Gasteiger partial charge in [0.25, 0.3) is 0 Å². The van der Waals surface area contributed by atoms with Crippen LogP contribution in [0.1, 0.15) is 20.1 Å². The molecule has 0 saturated carbocycles. The Labute approximate surface area is 138 Å². The Kier molecular flexibility index (Phi) is 3.53. The van der Waals surface area contributed by atoms with Gasteiger partial charge >= 0.3 is 0 Å². The predicted octanol–water partition coefficient (Wildman–Crippen LogP) is 0.341. The van der Waals surface area contributed by atoms with E-state index < -0.39 is 12.0 Å². The molecule has 1 unspecified atom stereocenters. The van der Waals surface area contributed by atoms with Crippen molar-refractivity contribution in [2.75, 3.05) is 12.3 Å². The van der Waals surface area contributed by atoms with E-state index in [2.05, 4.69) is 15.0 Å². The quantitative estimate of drug-likeness (QED) is 0.771. The molecule has 4 N–H and O–H groups in total. The number of aromatic nitrogens is 4. The number of fused-ring (bicyclic) bond motifs is 2. The third-order valence-corrected chi connectivity index (χ3v) is 4.19. The van der Waals surface area contributed by atoms with Gasteiger partial charge in [0.1, 0.15) is 30.2 Å². The molecule has 2 aromatic rings. The second-order valence-electron chi connectivity index (χ2n) is 6.30. The highest BCUT2D eigenvalue weighted by atomic mass is 16.8. The minimum atomic E-state index is -0.684. The Bertz CT molecular complexity index is 789. The van der Waals surface area contributed by atoms with Gasteiger partial charge in [-0.25, -0.2) is 15.0 Å². The van der Waals surface area contributed by atoms with Crippen molar-refractivity contribution in [3.8, 4) is 0 Å². The number of imidazole rings is 1. The summed E-state index contributed by atoms with van der Waals surface area (Å²) in [5.41, 5.74) is 12.6. The fraction of sp³-hybridized carbons (Fsp3) is 0.533. The van der Waals surface area contributed by atoms with E-state index >= 15 is 0 Å². The Morgan fingerprint density at radius 2 is 2.04 bits per heavy atom. The topological polar surface area (TPSA) is 123 Å². The maximum atomic E-state index is 6.15. The molecule has 0 spiro atoms. The smallest absolute Gasteiger partial charge is 0.167 e. The summed E-state index contributed by atoms with van der Waals surface area (Å²) in [6.45, 7) is 4.21. The number of anilines is 1. The molecule has 2 aliphatic heterocycles. The van der Waals surface area contributed by atoms with Gasteiger partial charge in [0.2, 0.25) is 0 Å². The summed E-state index contributed by atoms with van der Waals surface area (Å²) < 4.78 is 20.0. The van der Waals surface area contributed by atoms with Crippen LogP contribution < -0.4 is 11.5 Å². The average Bonchev–Trinajstić information content (AvgIpc) is 3.17. The first kappa shape index (κ1) is 15.5. The van der Waals surface area contributed by atoms with Gasteiger partial charge in [-0.1, -0.05) is 12.2 Å². The van der Waals surface area contributed by atoms with E-state index in [-0.39, 0.29) is 18.3 Å². The van der Waals surface area contributed by atoms with Crippen LogP contribution in [-0.2, 0) is 14.2 Å². The maximum Gasteiger partial charge on any atom is 0.167 e. The molecule has 2 saturated heterocycles. The Morgan fingerprint density at radius 3 is 2.83 bits per heavy atom. The van der Waals surface area contributed by atoms with Gasteiger partial charge < -0.3 is 25.7 Å². The molecule has 24 heavy (non-hydrogen) atoms. The number of hydrogen-bond acceptors (Lipinski definition) is 8. The van der Waals surface area contributed by atoms with Crippen LogP contribution in [0.2, 0.25) is 0 Å². The molecule has 0 aromatic carbocycles. The summed E-state index contributed by atoms with van der Waals surface area (Å²) in [6, 6.07) is 0. The van der Waals surface area contributed by atoms with Crippen molar-refractivity contribution < 1.29 is 14.2 Å². The molecule has 9 nitrogen and oxygen atoms in total. The first-order chi connectivity index (χ1) is 11.5.